The molecule has 0 saturated heterocycles. The first-order valence-electron chi connectivity index (χ1n) is 7.08. The Balaban J connectivity index is 1.76. The molecule has 0 unspecified atom stereocenters. The minimum absolute atomic E-state index is 0.359. The molecule has 0 atom stereocenters. The fourth-order valence-electron chi connectivity index (χ4n) is 1.83. The Morgan fingerprint density at radius 2 is 1.68 bits per heavy atom. The predicted molar refractivity (Wildman–Crippen MR) is 89.8 cm³/mol. The van der Waals surface area contributed by atoms with Gasteiger partial charge in [-0.25, -0.2) is 4.99 Å². The van der Waals surface area contributed by atoms with Crippen LogP contribution < -0.4 is 20.5 Å². The normalized spacial score (nSPS) is 11.1. The number of nitrogens with two attached hydrogens (primary N) is 1. The molecule has 0 spiro atoms. The van der Waals surface area contributed by atoms with Gasteiger partial charge in [0.25, 0.3) is 0 Å². The number of methoxy groups -OCH3 is 1. The molecule has 3 N–H and O–H groups in total. The highest BCUT2D eigenvalue weighted by atomic mass is 16.5. The van der Waals surface area contributed by atoms with Crippen molar-refractivity contribution in [3.8, 4) is 11.5 Å². The quantitative estimate of drug-likeness (QED) is 0.489. The Labute approximate surface area is 130 Å². The summed E-state index contributed by atoms with van der Waals surface area (Å²) < 4.78 is 10.7. The lowest BCUT2D eigenvalue weighted by molar-refractivity contribution is 0.328. The van der Waals surface area contributed by atoms with Gasteiger partial charge in [0.2, 0.25) is 0 Å². The third-order valence-corrected chi connectivity index (χ3v) is 3.03. The first-order chi connectivity index (χ1) is 10.7. The largest absolute Gasteiger partial charge is 0.497 e. The molecule has 0 bridgehead atoms. The molecule has 0 heterocycles. The summed E-state index contributed by atoms with van der Waals surface area (Å²) >= 11 is 0. The number of aryl methyl sites for hydroxylation is 1. The van der Waals surface area contributed by atoms with Crippen LogP contribution in [-0.2, 0) is 0 Å². The fourth-order valence-corrected chi connectivity index (χ4v) is 1.83. The zero-order chi connectivity index (χ0) is 15.8. The molecule has 0 aliphatic rings. The monoisotopic (exact) mass is 299 g/mol. The highest BCUT2D eigenvalue weighted by molar-refractivity contribution is 5.92. The molecule has 0 aromatic heterocycles. The molecule has 2 rings (SSSR count). The van der Waals surface area contributed by atoms with Gasteiger partial charge in [-0.15, -0.1) is 0 Å². The zero-order valence-corrected chi connectivity index (χ0v) is 12.9. The number of hydrogen-bond donors (Lipinski definition) is 2. The molecule has 0 amide bonds. The van der Waals surface area contributed by atoms with Gasteiger partial charge >= 0.3 is 0 Å². The van der Waals surface area contributed by atoms with Gasteiger partial charge in [0.15, 0.2) is 5.96 Å². The topological polar surface area (TPSA) is 68.9 Å². The minimum atomic E-state index is 0.359. The summed E-state index contributed by atoms with van der Waals surface area (Å²) in [4.78, 5) is 4.22. The molecular formula is C17H21N3O2. The molecule has 2 aromatic rings. The smallest absolute Gasteiger partial charge is 0.193 e. The number of nitrogens with zero attached hydrogens (tertiary/aromatic N) is 1. The first-order valence-corrected chi connectivity index (χ1v) is 7.08. The Kier molecular flexibility index (Phi) is 5.65. The van der Waals surface area contributed by atoms with Crippen LogP contribution in [0.2, 0.25) is 0 Å². The van der Waals surface area contributed by atoms with Crippen LogP contribution in [0.5, 0.6) is 11.5 Å². The number of rotatable bonds is 6. The van der Waals surface area contributed by atoms with Crippen LogP contribution in [0.1, 0.15) is 5.56 Å². The van der Waals surface area contributed by atoms with Crippen molar-refractivity contribution in [3.63, 3.8) is 0 Å². The van der Waals surface area contributed by atoms with Crippen LogP contribution in [0.3, 0.4) is 0 Å². The van der Waals surface area contributed by atoms with E-state index in [1.54, 1.807) is 7.11 Å². The van der Waals surface area contributed by atoms with Gasteiger partial charge in [0, 0.05) is 5.69 Å². The number of anilines is 1. The Bertz CT molecular complexity index is 607. The van der Waals surface area contributed by atoms with Crippen molar-refractivity contribution in [1.29, 1.82) is 0 Å². The molecule has 5 nitrogen and oxygen atoms in total. The summed E-state index contributed by atoms with van der Waals surface area (Å²) in [6, 6.07) is 15.4. The summed E-state index contributed by atoms with van der Waals surface area (Å²) in [7, 11) is 1.63. The molecule has 22 heavy (non-hydrogen) atoms. The third kappa shape index (κ3) is 5.01. The highest BCUT2D eigenvalue weighted by Gasteiger charge is 1.97. The number of nitrogens with one attached hydrogen (secondary N) is 1. The second-order valence-electron chi connectivity index (χ2n) is 4.78. The second-order valence-corrected chi connectivity index (χ2v) is 4.78. The molecule has 116 valence electrons. The van der Waals surface area contributed by atoms with Gasteiger partial charge in [0.1, 0.15) is 18.1 Å². The van der Waals surface area contributed by atoms with Crippen LogP contribution in [0.15, 0.2) is 53.5 Å². The Morgan fingerprint density at radius 1 is 1.05 bits per heavy atom. The Morgan fingerprint density at radius 3 is 2.32 bits per heavy atom. The van der Waals surface area contributed by atoms with Gasteiger partial charge in [-0.05, 0) is 43.3 Å². The lowest BCUT2D eigenvalue weighted by Gasteiger charge is -2.07. The lowest BCUT2D eigenvalue weighted by Crippen LogP contribution is -2.23. The molecule has 2 aromatic carbocycles. The van der Waals surface area contributed by atoms with Crippen LogP contribution in [0.4, 0.5) is 5.69 Å². The van der Waals surface area contributed by atoms with Crippen LogP contribution >= 0.6 is 0 Å². The summed E-state index contributed by atoms with van der Waals surface area (Å²) in [6.45, 7) is 3.01. The standard InChI is InChI=1S/C17H21N3O2/c1-13-3-7-16(8-4-13)22-12-11-19-17(18)20-14-5-9-15(21-2)10-6-14/h3-10H,11-12H2,1-2H3,(H3,18,19,20). The lowest BCUT2D eigenvalue weighted by atomic mass is 10.2. The van der Waals surface area contributed by atoms with E-state index in [2.05, 4.69) is 10.3 Å². The molecule has 0 fully saturated rings. The minimum Gasteiger partial charge on any atom is -0.497 e. The van der Waals surface area contributed by atoms with E-state index in [4.69, 9.17) is 15.2 Å². The van der Waals surface area contributed by atoms with E-state index in [0.29, 0.717) is 19.1 Å². The van der Waals surface area contributed by atoms with Crippen molar-refractivity contribution >= 4 is 11.6 Å². The van der Waals surface area contributed by atoms with Crippen LogP contribution in [-0.4, -0.2) is 26.2 Å². The summed E-state index contributed by atoms with van der Waals surface area (Å²) in [5.74, 6) is 1.99. The van der Waals surface area contributed by atoms with Gasteiger partial charge < -0.3 is 20.5 Å². The zero-order valence-electron chi connectivity index (χ0n) is 12.9. The number of aliphatic imine (C=N–C) groups is 1. The second kappa shape index (κ2) is 7.93. The van der Waals surface area contributed by atoms with Gasteiger partial charge in [-0.1, -0.05) is 17.7 Å². The van der Waals surface area contributed by atoms with E-state index in [0.717, 1.165) is 17.2 Å². The highest BCUT2D eigenvalue weighted by Crippen LogP contribution is 2.14. The van der Waals surface area contributed by atoms with E-state index in [-0.39, 0.29) is 0 Å². The summed E-state index contributed by atoms with van der Waals surface area (Å²) in [6.07, 6.45) is 0. The maximum absolute atomic E-state index is 5.83. The van der Waals surface area contributed by atoms with Crippen LogP contribution in [0, 0.1) is 6.92 Å². The molecular weight excluding hydrogens is 278 g/mol. The molecule has 0 aliphatic heterocycles. The molecule has 0 aliphatic carbocycles. The van der Waals surface area contributed by atoms with Crippen molar-refractivity contribution in [2.45, 2.75) is 6.92 Å². The van der Waals surface area contributed by atoms with E-state index in [1.165, 1.54) is 5.56 Å². The first kappa shape index (κ1) is 15.7. The third-order valence-electron chi connectivity index (χ3n) is 3.03. The van der Waals surface area contributed by atoms with Crippen LogP contribution in [0.25, 0.3) is 0 Å². The SMILES string of the molecule is COc1ccc(NC(N)=NCCOc2ccc(C)cc2)cc1. The molecule has 0 radical (unpaired) electrons. The number of ether oxygens (including phenoxy) is 2. The number of benzene rings is 2. The van der Waals surface area contributed by atoms with Crippen molar-refractivity contribution in [2.75, 3.05) is 25.6 Å². The van der Waals surface area contributed by atoms with Crippen molar-refractivity contribution in [3.05, 3.63) is 54.1 Å². The summed E-state index contributed by atoms with van der Waals surface area (Å²) in [5, 5.41) is 3.02. The van der Waals surface area contributed by atoms with E-state index in [1.807, 2.05) is 55.5 Å². The van der Waals surface area contributed by atoms with Gasteiger partial charge in [0.05, 0.1) is 13.7 Å². The van der Waals surface area contributed by atoms with Crippen molar-refractivity contribution in [1.82, 2.24) is 0 Å². The Hall–Kier alpha value is -2.69. The van der Waals surface area contributed by atoms with E-state index >= 15 is 0 Å². The maximum atomic E-state index is 5.83. The molecule has 0 saturated carbocycles. The summed E-state index contributed by atoms with van der Waals surface area (Å²) in [5.41, 5.74) is 7.90. The molecule has 5 heteroatoms. The average molecular weight is 299 g/mol. The fraction of sp³-hybridized carbons (Fsp3) is 0.235. The van der Waals surface area contributed by atoms with Gasteiger partial charge in [-0.2, -0.15) is 0 Å². The number of hydrogen-bond acceptors (Lipinski definition) is 3. The van der Waals surface area contributed by atoms with Crippen molar-refractivity contribution < 1.29 is 9.47 Å². The van der Waals surface area contributed by atoms with Gasteiger partial charge in [-0.3, -0.25) is 0 Å². The number of guanidine groups is 1. The van der Waals surface area contributed by atoms with E-state index < -0.39 is 0 Å². The average Bonchev–Trinajstić information content (AvgIpc) is 2.54. The predicted octanol–water partition coefficient (Wildman–Crippen LogP) is 2.81. The maximum Gasteiger partial charge on any atom is 0.193 e. The van der Waals surface area contributed by atoms with Crippen molar-refractivity contribution in [2.24, 2.45) is 10.7 Å². The van der Waals surface area contributed by atoms with E-state index in [9.17, 15) is 0 Å².